The van der Waals surface area contributed by atoms with E-state index in [1.807, 2.05) is 36.4 Å². The highest BCUT2D eigenvalue weighted by molar-refractivity contribution is 6.04. The second-order valence-electron chi connectivity index (χ2n) is 8.78. The molecule has 1 saturated carbocycles. The molecule has 0 unspecified atom stereocenters. The van der Waals surface area contributed by atoms with Gasteiger partial charge in [-0.25, -0.2) is 0 Å². The highest BCUT2D eigenvalue weighted by atomic mass is 16.1. The molecule has 1 N–H and O–H groups in total. The molecule has 1 fully saturated rings. The van der Waals surface area contributed by atoms with Gasteiger partial charge in [-0.3, -0.25) is 9.79 Å². The fourth-order valence-corrected chi connectivity index (χ4v) is 4.79. The summed E-state index contributed by atoms with van der Waals surface area (Å²) in [6.45, 7) is 6.70. The van der Waals surface area contributed by atoms with Crippen LogP contribution in [0.25, 0.3) is 0 Å². The van der Waals surface area contributed by atoms with Crippen LogP contribution in [0.15, 0.2) is 65.7 Å². The van der Waals surface area contributed by atoms with Crippen LogP contribution in [0, 0.1) is 11.8 Å². The first kappa shape index (κ1) is 18.0. The number of hydrogen-bond acceptors (Lipinski definition) is 2. The van der Waals surface area contributed by atoms with Gasteiger partial charge >= 0.3 is 0 Å². The summed E-state index contributed by atoms with van der Waals surface area (Å²) >= 11 is 0. The van der Waals surface area contributed by atoms with Crippen molar-refractivity contribution >= 4 is 11.6 Å². The predicted molar refractivity (Wildman–Crippen MR) is 110 cm³/mol. The normalized spacial score (nSPS) is 28.9. The first-order chi connectivity index (χ1) is 12.9. The van der Waals surface area contributed by atoms with Gasteiger partial charge < -0.3 is 5.32 Å². The summed E-state index contributed by atoms with van der Waals surface area (Å²) < 4.78 is 0. The quantitative estimate of drug-likeness (QED) is 0.833. The van der Waals surface area contributed by atoms with Crippen molar-refractivity contribution in [2.75, 3.05) is 0 Å². The molecule has 3 nitrogen and oxygen atoms in total. The fraction of sp³-hybridized carbons (Fsp3) is 0.417. The zero-order valence-corrected chi connectivity index (χ0v) is 16.4. The van der Waals surface area contributed by atoms with Gasteiger partial charge in [0.25, 0.3) is 5.91 Å². The maximum absolute atomic E-state index is 12.9. The summed E-state index contributed by atoms with van der Waals surface area (Å²) in [6, 6.07) is 20.0. The number of amides is 1. The third-order valence-corrected chi connectivity index (χ3v) is 6.54. The number of nitrogens with zero attached hydrogens (tertiary/aromatic N) is 1. The molecule has 1 aliphatic carbocycles. The Balaban J connectivity index is 1.70. The van der Waals surface area contributed by atoms with Gasteiger partial charge in [0.2, 0.25) is 0 Å². The summed E-state index contributed by atoms with van der Waals surface area (Å²) in [6.07, 6.45) is 3.16. The molecule has 2 aliphatic rings. The lowest BCUT2D eigenvalue weighted by atomic mass is 9.60. The Morgan fingerprint density at radius 1 is 1.00 bits per heavy atom. The number of hydrogen-bond donors (Lipinski definition) is 1. The molecule has 1 heterocycles. The minimum Gasteiger partial charge on any atom is -0.346 e. The summed E-state index contributed by atoms with van der Waals surface area (Å²) in [7, 11) is 0. The summed E-state index contributed by atoms with van der Waals surface area (Å²) in [5.41, 5.74) is 2.71. The molecule has 1 aliphatic heterocycles. The zero-order chi connectivity index (χ0) is 19.1. The van der Waals surface area contributed by atoms with E-state index < -0.39 is 0 Å². The Morgan fingerprint density at radius 2 is 1.63 bits per heavy atom. The number of fused-ring (bicyclic) bond motifs is 2. The molecule has 0 spiro atoms. The van der Waals surface area contributed by atoms with Gasteiger partial charge in [0.05, 0.1) is 5.54 Å². The number of carbonyl (C=O) groups is 1. The molecule has 2 aromatic carbocycles. The second kappa shape index (κ2) is 6.63. The van der Waals surface area contributed by atoms with Gasteiger partial charge in [-0.15, -0.1) is 0 Å². The highest BCUT2D eigenvalue weighted by Gasteiger charge is 2.50. The van der Waals surface area contributed by atoms with Gasteiger partial charge in [0.1, 0.15) is 0 Å². The first-order valence-corrected chi connectivity index (χ1v) is 9.92. The summed E-state index contributed by atoms with van der Waals surface area (Å²) in [4.78, 5) is 18.1. The number of rotatable bonds is 3. The number of carbonyl (C=O) groups excluding carboxylic acids is 1. The van der Waals surface area contributed by atoms with Crippen LogP contribution >= 0.6 is 0 Å². The van der Waals surface area contributed by atoms with E-state index in [0.29, 0.717) is 5.92 Å². The Hall–Kier alpha value is -2.42. The minimum atomic E-state index is -0.283. The van der Waals surface area contributed by atoms with E-state index >= 15 is 0 Å². The van der Waals surface area contributed by atoms with Crippen molar-refractivity contribution in [3.63, 3.8) is 0 Å². The number of benzene rings is 2. The molecular weight excluding hydrogens is 332 g/mol. The van der Waals surface area contributed by atoms with Gasteiger partial charge in [0.15, 0.2) is 0 Å². The van der Waals surface area contributed by atoms with Crippen LogP contribution in [0.1, 0.15) is 56.0 Å². The van der Waals surface area contributed by atoms with Crippen molar-refractivity contribution in [1.82, 2.24) is 5.32 Å². The second-order valence-corrected chi connectivity index (χ2v) is 8.78. The molecule has 0 aromatic heterocycles. The van der Waals surface area contributed by atoms with Crippen LogP contribution in [0.3, 0.4) is 0 Å². The largest absolute Gasteiger partial charge is 0.346 e. The molecule has 0 saturated heterocycles. The van der Waals surface area contributed by atoms with Crippen LogP contribution in [0.4, 0.5) is 0 Å². The standard InChI is InChI=1S/C24H28N2O/c1-23(2)19-14-15-24(3,26-22(27)18-12-8-5-9-13-18)20(16-19)21(25-23)17-10-6-4-7-11-17/h4-13,19-20H,14-16H2,1-3H3,(H,26,27)/t19-,20+,24-/m0/s1. The molecule has 3 heteroatoms. The summed E-state index contributed by atoms with van der Waals surface area (Å²) in [5, 5.41) is 3.37. The lowest BCUT2D eigenvalue weighted by Crippen LogP contribution is -2.60. The third-order valence-electron chi connectivity index (χ3n) is 6.54. The van der Waals surface area contributed by atoms with E-state index in [1.54, 1.807) is 0 Å². The van der Waals surface area contributed by atoms with Gasteiger partial charge in [0, 0.05) is 22.7 Å². The molecule has 0 radical (unpaired) electrons. The maximum atomic E-state index is 12.9. The average Bonchev–Trinajstić information content (AvgIpc) is 2.67. The molecular formula is C24H28N2O. The Labute approximate surface area is 161 Å². The van der Waals surface area contributed by atoms with Gasteiger partial charge in [-0.05, 0) is 63.6 Å². The lowest BCUT2D eigenvalue weighted by molar-refractivity contribution is 0.0759. The average molecular weight is 361 g/mol. The molecule has 27 heavy (non-hydrogen) atoms. The van der Waals surface area contributed by atoms with E-state index in [9.17, 15) is 4.79 Å². The molecule has 2 aromatic rings. The monoisotopic (exact) mass is 360 g/mol. The van der Waals surface area contributed by atoms with E-state index in [2.05, 4.69) is 50.4 Å². The van der Waals surface area contributed by atoms with Crippen molar-refractivity contribution in [2.24, 2.45) is 16.8 Å². The van der Waals surface area contributed by atoms with Gasteiger partial charge in [-0.2, -0.15) is 0 Å². The summed E-state index contributed by atoms with van der Waals surface area (Å²) in [5.74, 6) is 0.810. The maximum Gasteiger partial charge on any atom is 0.251 e. The zero-order valence-electron chi connectivity index (χ0n) is 16.4. The van der Waals surface area contributed by atoms with E-state index in [0.717, 1.165) is 30.5 Å². The van der Waals surface area contributed by atoms with Gasteiger partial charge in [-0.1, -0.05) is 48.5 Å². The van der Waals surface area contributed by atoms with Crippen LogP contribution in [0.5, 0.6) is 0 Å². The Kier molecular flexibility index (Phi) is 4.41. The first-order valence-electron chi connectivity index (χ1n) is 9.92. The SMILES string of the molecule is CC1(C)N=C(c2ccccc2)[C@H]2C[C@@H]1CC[C@]2(C)NC(=O)c1ccccc1. The van der Waals surface area contributed by atoms with Crippen molar-refractivity contribution in [3.05, 3.63) is 71.8 Å². The lowest BCUT2D eigenvalue weighted by Gasteiger charge is -2.52. The molecule has 140 valence electrons. The Morgan fingerprint density at radius 3 is 2.30 bits per heavy atom. The van der Waals surface area contributed by atoms with E-state index in [1.165, 1.54) is 5.56 Å². The highest BCUT2D eigenvalue weighted by Crippen LogP contribution is 2.48. The predicted octanol–water partition coefficient (Wildman–Crippen LogP) is 4.87. The molecule has 4 rings (SSSR count). The van der Waals surface area contributed by atoms with Crippen molar-refractivity contribution in [3.8, 4) is 0 Å². The van der Waals surface area contributed by atoms with Crippen LogP contribution in [0.2, 0.25) is 0 Å². The van der Waals surface area contributed by atoms with E-state index in [4.69, 9.17) is 4.99 Å². The topological polar surface area (TPSA) is 41.5 Å². The molecule has 1 amide bonds. The van der Waals surface area contributed by atoms with Crippen molar-refractivity contribution < 1.29 is 4.79 Å². The minimum absolute atomic E-state index is 0.00814. The smallest absolute Gasteiger partial charge is 0.251 e. The molecule has 2 bridgehead atoms. The fourth-order valence-electron chi connectivity index (χ4n) is 4.79. The third kappa shape index (κ3) is 3.31. The van der Waals surface area contributed by atoms with E-state index in [-0.39, 0.29) is 22.9 Å². The Bertz CT molecular complexity index is 856. The van der Waals surface area contributed by atoms with Crippen molar-refractivity contribution in [1.29, 1.82) is 0 Å². The van der Waals surface area contributed by atoms with Crippen molar-refractivity contribution in [2.45, 2.75) is 51.1 Å². The number of aliphatic imine (C=N–C) groups is 1. The molecule has 3 atom stereocenters. The van der Waals surface area contributed by atoms with Crippen LogP contribution in [-0.2, 0) is 0 Å². The number of nitrogens with one attached hydrogen (secondary N) is 1. The van der Waals surface area contributed by atoms with Crippen LogP contribution in [-0.4, -0.2) is 22.7 Å². The van der Waals surface area contributed by atoms with Crippen LogP contribution < -0.4 is 5.32 Å².